The van der Waals surface area contributed by atoms with Crippen molar-refractivity contribution in [2.45, 2.75) is 13.8 Å². The lowest BCUT2D eigenvalue weighted by Crippen LogP contribution is -2.28. The Labute approximate surface area is 116 Å². The summed E-state index contributed by atoms with van der Waals surface area (Å²) in [6.07, 6.45) is 0. The van der Waals surface area contributed by atoms with Gasteiger partial charge in [0.1, 0.15) is 12.3 Å². The number of aryl methyl sites for hydroxylation is 2. The highest BCUT2D eigenvalue weighted by atomic mass is 16.4. The number of carbonyl (C=O) groups excluding carboxylic acids is 1. The minimum absolute atomic E-state index is 0.0984. The van der Waals surface area contributed by atoms with Gasteiger partial charge in [-0.2, -0.15) is 0 Å². The third-order valence-electron chi connectivity index (χ3n) is 2.88. The Kier molecular flexibility index (Phi) is 3.89. The molecule has 0 aliphatic heterocycles. The molecule has 0 radical (unpaired) electrons. The molecule has 5 nitrogen and oxygen atoms in total. The van der Waals surface area contributed by atoms with Crippen LogP contribution < -0.4 is 5.32 Å². The lowest BCUT2D eigenvalue weighted by Gasteiger charge is -2.04. The van der Waals surface area contributed by atoms with Gasteiger partial charge in [-0.3, -0.25) is 9.59 Å². The molecule has 0 saturated carbocycles. The van der Waals surface area contributed by atoms with Crippen molar-refractivity contribution in [3.8, 4) is 11.3 Å². The van der Waals surface area contributed by atoms with E-state index in [9.17, 15) is 9.59 Å². The van der Waals surface area contributed by atoms with Gasteiger partial charge in [-0.25, -0.2) is 0 Å². The van der Waals surface area contributed by atoms with Crippen LogP contribution in [-0.2, 0) is 4.79 Å². The molecule has 0 unspecified atom stereocenters. The number of hydrogen-bond donors (Lipinski definition) is 2. The fourth-order valence-corrected chi connectivity index (χ4v) is 1.94. The van der Waals surface area contributed by atoms with Crippen molar-refractivity contribution in [2.24, 2.45) is 0 Å². The Morgan fingerprint density at radius 3 is 2.60 bits per heavy atom. The van der Waals surface area contributed by atoms with E-state index in [0.717, 1.165) is 16.7 Å². The van der Waals surface area contributed by atoms with Crippen LogP contribution in [0.1, 0.15) is 21.7 Å². The minimum atomic E-state index is -1.10. The molecular weight excluding hydrogens is 258 g/mol. The maximum atomic E-state index is 11.7. The molecule has 0 fully saturated rings. The van der Waals surface area contributed by atoms with Crippen LogP contribution in [0.5, 0.6) is 0 Å². The Bertz CT molecular complexity index is 658. The number of amides is 1. The molecule has 0 aliphatic rings. The average molecular weight is 273 g/mol. The van der Waals surface area contributed by atoms with Gasteiger partial charge in [0.15, 0.2) is 5.76 Å². The minimum Gasteiger partial charge on any atom is -0.480 e. The van der Waals surface area contributed by atoms with E-state index in [1.54, 1.807) is 6.07 Å². The zero-order valence-corrected chi connectivity index (χ0v) is 11.3. The lowest BCUT2D eigenvalue weighted by molar-refractivity contribution is -0.135. The van der Waals surface area contributed by atoms with Crippen LogP contribution in [0.15, 0.2) is 34.7 Å². The molecule has 2 N–H and O–H groups in total. The van der Waals surface area contributed by atoms with Gasteiger partial charge in [-0.05, 0) is 31.5 Å². The molecule has 0 atom stereocenters. The largest absolute Gasteiger partial charge is 0.480 e. The summed E-state index contributed by atoms with van der Waals surface area (Å²) in [5.74, 6) is -0.952. The molecule has 2 rings (SSSR count). The van der Waals surface area contributed by atoms with E-state index in [1.165, 1.54) is 6.07 Å². The second-order valence-corrected chi connectivity index (χ2v) is 4.56. The van der Waals surface area contributed by atoms with Gasteiger partial charge in [0, 0.05) is 5.56 Å². The first-order valence-electron chi connectivity index (χ1n) is 6.15. The van der Waals surface area contributed by atoms with Gasteiger partial charge in [0.05, 0.1) is 0 Å². The first-order chi connectivity index (χ1) is 9.47. The average Bonchev–Trinajstić information content (AvgIpc) is 2.85. The summed E-state index contributed by atoms with van der Waals surface area (Å²) >= 11 is 0. The lowest BCUT2D eigenvalue weighted by atomic mass is 10.0. The summed E-state index contributed by atoms with van der Waals surface area (Å²) in [7, 11) is 0. The van der Waals surface area contributed by atoms with Crippen LogP contribution in [0.3, 0.4) is 0 Å². The quantitative estimate of drug-likeness (QED) is 0.896. The highest BCUT2D eigenvalue weighted by Gasteiger charge is 2.13. The van der Waals surface area contributed by atoms with Crippen LogP contribution in [0.4, 0.5) is 0 Å². The molecule has 0 saturated heterocycles. The predicted molar refractivity (Wildman–Crippen MR) is 73.6 cm³/mol. The van der Waals surface area contributed by atoms with Crippen molar-refractivity contribution in [1.29, 1.82) is 0 Å². The molecule has 0 bridgehead atoms. The van der Waals surface area contributed by atoms with Crippen LogP contribution in [0.2, 0.25) is 0 Å². The van der Waals surface area contributed by atoms with Crippen LogP contribution in [0, 0.1) is 13.8 Å². The maximum absolute atomic E-state index is 11.7. The molecular formula is C15H15NO4. The van der Waals surface area contributed by atoms with Crippen molar-refractivity contribution in [2.75, 3.05) is 6.54 Å². The number of carboxylic acids is 1. The molecule has 1 heterocycles. The standard InChI is InChI=1S/C15H15NO4/c1-9-3-4-11(10(2)7-9)12-5-6-13(20-12)15(19)16-8-14(17)18/h3-7H,8H2,1-2H3,(H,16,19)(H,17,18). The number of rotatable bonds is 4. The van der Waals surface area contributed by atoms with E-state index < -0.39 is 18.4 Å². The summed E-state index contributed by atoms with van der Waals surface area (Å²) in [4.78, 5) is 22.1. The fraction of sp³-hybridized carbons (Fsp3) is 0.200. The van der Waals surface area contributed by atoms with E-state index >= 15 is 0 Å². The van der Waals surface area contributed by atoms with Gasteiger partial charge in [-0.15, -0.1) is 0 Å². The molecule has 20 heavy (non-hydrogen) atoms. The van der Waals surface area contributed by atoms with Crippen molar-refractivity contribution in [1.82, 2.24) is 5.32 Å². The smallest absolute Gasteiger partial charge is 0.322 e. The molecule has 1 aromatic heterocycles. The van der Waals surface area contributed by atoms with E-state index in [4.69, 9.17) is 9.52 Å². The van der Waals surface area contributed by atoms with E-state index in [1.807, 2.05) is 32.0 Å². The summed E-state index contributed by atoms with van der Waals surface area (Å²) in [5, 5.41) is 10.8. The summed E-state index contributed by atoms with van der Waals surface area (Å²) in [5.41, 5.74) is 3.11. The Morgan fingerprint density at radius 2 is 1.95 bits per heavy atom. The summed E-state index contributed by atoms with van der Waals surface area (Å²) < 4.78 is 5.48. The predicted octanol–water partition coefficient (Wildman–Crippen LogP) is 2.38. The van der Waals surface area contributed by atoms with E-state index in [2.05, 4.69) is 5.32 Å². The molecule has 104 valence electrons. The van der Waals surface area contributed by atoms with E-state index in [0.29, 0.717) is 5.76 Å². The first kappa shape index (κ1) is 13.9. The molecule has 0 spiro atoms. The zero-order valence-electron chi connectivity index (χ0n) is 11.3. The normalized spacial score (nSPS) is 10.3. The Hall–Kier alpha value is -2.56. The van der Waals surface area contributed by atoms with Gasteiger partial charge in [0.2, 0.25) is 0 Å². The number of aliphatic carboxylic acids is 1. The highest BCUT2D eigenvalue weighted by Crippen LogP contribution is 2.26. The van der Waals surface area contributed by atoms with Gasteiger partial charge in [-0.1, -0.05) is 23.8 Å². The fourth-order valence-electron chi connectivity index (χ4n) is 1.94. The maximum Gasteiger partial charge on any atom is 0.322 e. The first-order valence-corrected chi connectivity index (χ1v) is 6.15. The number of carbonyl (C=O) groups is 2. The van der Waals surface area contributed by atoms with Crippen LogP contribution in [-0.4, -0.2) is 23.5 Å². The highest BCUT2D eigenvalue weighted by molar-refractivity contribution is 5.93. The van der Waals surface area contributed by atoms with Crippen molar-refractivity contribution >= 4 is 11.9 Å². The number of benzene rings is 1. The number of furan rings is 1. The number of carboxylic acid groups (broad SMARTS) is 1. The second-order valence-electron chi connectivity index (χ2n) is 4.56. The van der Waals surface area contributed by atoms with Crippen molar-refractivity contribution in [3.63, 3.8) is 0 Å². The van der Waals surface area contributed by atoms with Crippen LogP contribution >= 0.6 is 0 Å². The van der Waals surface area contributed by atoms with Crippen LogP contribution in [0.25, 0.3) is 11.3 Å². The van der Waals surface area contributed by atoms with Gasteiger partial charge < -0.3 is 14.8 Å². The molecule has 1 aromatic carbocycles. The molecule has 5 heteroatoms. The van der Waals surface area contributed by atoms with Crippen molar-refractivity contribution in [3.05, 3.63) is 47.2 Å². The Morgan fingerprint density at radius 1 is 1.20 bits per heavy atom. The Balaban J connectivity index is 2.20. The third-order valence-corrected chi connectivity index (χ3v) is 2.88. The number of nitrogens with one attached hydrogen (secondary N) is 1. The monoisotopic (exact) mass is 273 g/mol. The van der Waals surface area contributed by atoms with Gasteiger partial charge in [0.25, 0.3) is 5.91 Å². The molecule has 0 aliphatic carbocycles. The summed E-state index contributed by atoms with van der Waals surface area (Å²) in [6.45, 7) is 3.54. The topological polar surface area (TPSA) is 79.5 Å². The zero-order chi connectivity index (χ0) is 14.7. The summed E-state index contributed by atoms with van der Waals surface area (Å²) in [6, 6.07) is 9.17. The van der Waals surface area contributed by atoms with Gasteiger partial charge >= 0.3 is 5.97 Å². The van der Waals surface area contributed by atoms with E-state index in [-0.39, 0.29) is 5.76 Å². The third kappa shape index (κ3) is 3.06. The SMILES string of the molecule is Cc1ccc(-c2ccc(C(=O)NCC(=O)O)o2)c(C)c1. The van der Waals surface area contributed by atoms with Crippen molar-refractivity contribution < 1.29 is 19.1 Å². The number of hydrogen-bond acceptors (Lipinski definition) is 3. The molecule has 2 aromatic rings. The molecule has 1 amide bonds. The second kappa shape index (κ2) is 5.61.